The molecule has 0 radical (unpaired) electrons. The summed E-state index contributed by atoms with van der Waals surface area (Å²) in [5.41, 5.74) is 1.15. The molecule has 1 aliphatic heterocycles. The molecular formula is C13H23N3O2. The second kappa shape index (κ2) is 6.20. The van der Waals surface area contributed by atoms with Crippen molar-refractivity contribution in [3.8, 4) is 0 Å². The summed E-state index contributed by atoms with van der Waals surface area (Å²) < 4.78 is 12.8. The van der Waals surface area contributed by atoms with Crippen molar-refractivity contribution in [2.45, 2.75) is 44.9 Å². The normalized spacial score (nSPS) is 18.8. The van der Waals surface area contributed by atoms with Crippen LogP contribution in [-0.4, -0.2) is 36.8 Å². The Morgan fingerprint density at radius 1 is 1.50 bits per heavy atom. The van der Waals surface area contributed by atoms with Gasteiger partial charge in [-0.05, 0) is 19.3 Å². The van der Waals surface area contributed by atoms with Crippen LogP contribution in [0.2, 0.25) is 0 Å². The molecule has 0 fully saturated rings. The van der Waals surface area contributed by atoms with E-state index in [1.807, 2.05) is 4.68 Å². The van der Waals surface area contributed by atoms with Gasteiger partial charge in [-0.15, -0.1) is 0 Å². The van der Waals surface area contributed by atoms with Crippen molar-refractivity contribution in [1.29, 1.82) is 0 Å². The third-order valence-corrected chi connectivity index (χ3v) is 3.41. The van der Waals surface area contributed by atoms with Crippen LogP contribution in [0.4, 0.5) is 5.82 Å². The lowest BCUT2D eigenvalue weighted by Crippen LogP contribution is -2.34. The summed E-state index contributed by atoms with van der Waals surface area (Å²) in [6.07, 6.45) is 4.14. The van der Waals surface area contributed by atoms with Gasteiger partial charge in [0.05, 0.1) is 5.69 Å². The minimum Gasteiger partial charge on any atom is -0.370 e. The minimum absolute atomic E-state index is 0.159. The zero-order valence-electron chi connectivity index (χ0n) is 11.5. The largest absolute Gasteiger partial charge is 0.370 e. The molecule has 2 heterocycles. The maximum absolute atomic E-state index is 5.38. The van der Waals surface area contributed by atoms with Gasteiger partial charge in [0.1, 0.15) is 11.9 Å². The Hall–Kier alpha value is -1.07. The Kier molecular flexibility index (Phi) is 4.60. The smallest absolute Gasteiger partial charge is 0.179 e. The fraction of sp³-hybridized carbons (Fsp3) is 0.769. The summed E-state index contributed by atoms with van der Waals surface area (Å²) in [5, 5.41) is 8.06. The number of hydrogen-bond acceptors (Lipinski definition) is 4. The molecule has 1 aromatic heterocycles. The molecule has 5 nitrogen and oxygen atoms in total. The van der Waals surface area contributed by atoms with Crippen LogP contribution >= 0.6 is 0 Å². The molecule has 1 aliphatic rings. The van der Waals surface area contributed by atoms with Gasteiger partial charge in [-0.3, -0.25) is 0 Å². The number of anilines is 1. The van der Waals surface area contributed by atoms with Crippen LogP contribution in [-0.2, 0) is 15.9 Å². The first-order chi connectivity index (χ1) is 8.80. The molecular weight excluding hydrogens is 230 g/mol. The summed E-state index contributed by atoms with van der Waals surface area (Å²) in [5.74, 6) is 1.08. The molecule has 1 unspecified atom stereocenters. The Balaban J connectivity index is 2.17. The number of nitrogens with one attached hydrogen (secondary N) is 1. The predicted molar refractivity (Wildman–Crippen MR) is 70.8 cm³/mol. The standard InChI is InChI=1S/C13H23N3O2/c1-4-5-6-10-9-12-14-8-7-11(16(12)15-10)13(17-2)18-3/h9,11,13-14H,4-8H2,1-3H3. The van der Waals surface area contributed by atoms with Gasteiger partial charge in [-0.25, -0.2) is 4.68 Å². The predicted octanol–water partition coefficient (Wildman–Crippen LogP) is 2.20. The molecule has 0 aromatic carbocycles. The Morgan fingerprint density at radius 2 is 2.28 bits per heavy atom. The number of hydrogen-bond donors (Lipinski definition) is 1. The molecule has 0 amide bonds. The molecule has 5 heteroatoms. The molecule has 18 heavy (non-hydrogen) atoms. The van der Waals surface area contributed by atoms with E-state index in [4.69, 9.17) is 9.47 Å². The number of unbranched alkanes of at least 4 members (excludes halogenated alkanes) is 1. The van der Waals surface area contributed by atoms with E-state index in [1.54, 1.807) is 14.2 Å². The SMILES string of the molecule is CCCCc1cc2n(n1)C(C(OC)OC)CCN2. The van der Waals surface area contributed by atoms with E-state index < -0.39 is 0 Å². The monoisotopic (exact) mass is 253 g/mol. The van der Waals surface area contributed by atoms with Gasteiger partial charge in [0.25, 0.3) is 0 Å². The number of fused-ring (bicyclic) bond motifs is 1. The highest BCUT2D eigenvalue weighted by Gasteiger charge is 2.29. The van der Waals surface area contributed by atoms with Crippen molar-refractivity contribution in [2.24, 2.45) is 0 Å². The highest BCUT2D eigenvalue weighted by molar-refractivity contribution is 5.39. The third-order valence-electron chi connectivity index (χ3n) is 3.41. The van der Waals surface area contributed by atoms with Gasteiger partial charge >= 0.3 is 0 Å². The zero-order valence-corrected chi connectivity index (χ0v) is 11.5. The lowest BCUT2D eigenvalue weighted by atomic mass is 10.1. The average Bonchev–Trinajstić information content (AvgIpc) is 2.81. The number of ether oxygens (including phenoxy) is 2. The third kappa shape index (κ3) is 2.67. The molecule has 102 valence electrons. The summed E-state index contributed by atoms with van der Waals surface area (Å²) in [7, 11) is 3.36. The molecule has 0 bridgehead atoms. The first-order valence-corrected chi connectivity index (χ1v) is 6.68. The summed E-state index contributed by atoms with van der Waals surface area (Å²) in [4.78, 5) is 0. The number of aryl methyl sites for hydroxylation is 1. The van der Waals surface area contributed by atoms with E-state index in [-0.39, 0.29) is 12.3 Å². The number of methoxy groups -OCH3 is 2. The van der Waals surface area contributed by atoms with Crippen molar-refractivity contribution in [1.82, 2.24) is 9.78 Å². The molecule has 2 rings (SSSR count). The molecule has 0 saturated heterocycles. The van der Waals surface area contributed by atoms with Crippen molar-refractivity contribution in [3.63, 3.8) is 0 Å². The lowest BCUT2D eigenvalue weighted by molar-refractivity contribution is -0.135. The summed E-state index contributed by atoms with van der Waals surface area (Å²) in [6.45, 7) is 3.13. The summed E-state index contributed by atoms with van der Waals surface area (Å²) >= 11 is 0. The van der Waals surface area contributed by atoms with Crippen LogP contribution in [0, 0.1) is 0 Å². The van der Waals surface area contributed by atoms with Crippen molar-refractivity contribution in [3.05, 3.63) is 11.8 Å². The maximum Gasteiger partial charge on any atom is 0.179 e. The Morgan fingerprint density at radius 3 is 2.94 bits per heavy atom. The van der Waals surface area contributed by atoms with Crippen LogP contribution in [0.1, 0.15) is 37.9 Å². The number of rotatable bonds is 6. The fourth-order valence-corrected chi connectivity index (χ4v) is 2.44. The van der Waals surface area contributed by atoms with Crippen molar-refractivity contribution < 1.29 is 9.47 Å². The number of nitrogens with zero attached hydrogens (tertiary/aromatic N) is 2. The van der Waals surface area contributed by atoms with Gasteiger partial charge in [0.15, 0.2) is 6.29 Å². The summed E-state index contributed by atoms with van der Waals surface area (Å²) in [6, 6.07) is 2.30. The first-order valence-electron chi connectivity index (χ1n) is 6.68. The van der Waals surface area contributed by atoms with E-state index in [0.717, 1.165) is 30.9 Å². The second-order valence-corrected chi connectivity index (χ2v) is 4.69. The Bertz CT molecular complexity index is 374. The topological polar surface area (TPSA) is 48.3 Å². The van der Waals surface area contributed by atoms with Crippen molar-refractivity contribution >= 4 is 5.82 Å². The van der Waals surface area contributed by atoms with E-state index in [0.29, 0.717) is 0 Å². The highest BCUT2D eigenvalue weighted by atomic mass is 16.7. The molecule has 1 N–H and O–H groups in total. The molecule has 1 atom stereocenters. The minimum atomic E-state index is -0.232. The van der Waals surface area contributed by atoms with E-state index in [1.165, 1.54) is 12.8 Å². The van der Waals surface area contributed by atoms with Crippen LogP contribution in [0.3, 0.4) is 0 Å². The van der Waals surface area contributed by atoms with Gasteiger partial charge < -0.3 is 14.8 Å². The van der Waals surface area contributed by atoms with Gasteiger partial charge in [0, 0.05) is 26.8 Å². The second-order valence-electron chi connectivity index (χ2n) is 4.69. The molecule has 0 aliphatic carbocycles. The molecule has 0 saturated carbocycles. The van der Waals surface area contributed by atoms with Gasteiger partial charge in [-0.2, -0.15) is 5.10 Å². The fourth-order valence-electron chi connectivity index (χ4n) is 2.44. The van der Waals surface area contributed by atoms with Crippen molar-refractivity contribution in [2.75, 3.05) is 26.1 Å². The molecule has 1 aromatic rings. The maximum atomic E-state index is 5.38. The quantitative estimate of drug-likeness (QED) is 0.790. The van der Waals surface area contributed by atoms with Crippen LogP contribution < -0.4 is 5.32 Å². The van der Waals surface area contributed by atoms with Crippen LogP contribution in [0.5, 0.6) is 0 Å². The van der Waals surface area contributed by atoms with Crippen LogP contribution in [0.25, 0.3) is 0 Å². The van der Waals surface area contributed by atoms with E-state index in [2.05, 4.69) is 23.4 Å². The van der Waals surface area contributed by atoms with E-state index >= 15 is 0 Å². The van der Waals surface area contributed by atoms with Crippen LogP contribution in [0.15, 0.2) is 6.07 Å². The average molecular weight is 253 g/mol. The van der Waals surface area contributed by atoms with E-state index in [9.17, 15) is 0 Å². The molecule has 0 spiro atoms. The van der Waals surface area contributed by atoms with Gasteiger partial charge in [-0.1, -0.05) is 13.3 Å². The highest BCUT2D eigenvalue weighted by Crippen LogP contribution is 2.28. The Labute approximate surface area is 108 Å². The van der Waals surface area contributed by atoms with Gasteiger partial charge in [0.2, 0.25) is 0 Å². The first kappa shape index (κ1) is 13.4. The lowest BCUT2D eigenvalue weighted by Gasteiger charge is -2.30. The number of aromatic nitrogens is 2. The zero-order chi connectivity index (χ0) is 13.0.